The van der Waals surface area contributed by atoms with Gasteiger partial charge in [-0.3, -0.25) is 4.68 Å². The summed E-state index contributed by atoms with van der Waals surface area (Å²) < 4.78 is 11.0. The number of ether oxygens (including phenoxy) is 1. The molecule has 0 spiro atoms. The Hall–Kier alpha value is -2.91. The van der Waals surface area contributed by atoms with Crippen LogP contribution in [-0.4, -0.2) is 36.7 Å². The third kappa shape index (κ3) is 4.89. The number of nitrogens with one attached hydrogen (secondary N) is 2. The van der Waals surface area contributed by atoms with Gasteiger partial charge in [0.25, 0.3) is 0 Å². The number of nitrogens with zero attached hydrogens (tertiary/aromatic N) is 5. The van der Waals surface area contributed by atoms with Crippen LogP contribution in [0.3, 0.4) is 0 Å². The lowest BCUT2D eigenvalue weighted by atomic mass is 10.1. The predicted octanol–water partition coefficient (Wildman–Crippen LogP) is 5.41. The van der Waals surface area contributed by atoms with Gasteiger partial charge in [0.2, 0.25) is 0 Å². The van der Waals surface area contributed by atoms with Crippen LogP contribution in [0.15, 0.2) is 36.8 Å². The molecule has 4 aromatic heterocycles. The first-order valence-corrected chi connectivity index (χ1v) is 12.3. The molecule has 1 atom stereocenters. The molecular weight excluding hydrogens is 434 g/mol. The van der Waals surface area contributed by atoms with Crippen molar-refractivity contribution in [2.24, 2.45) is 7.05 Å². The molecule has 0 radical (unpaired) electrons. The Morgan fingerprint density at radius 1 is 1.21 bits per heavy atom. The van der Waals surface area contributed by atoms with E-state index in [0.29, 0.717) is 6.54 Å². The van der Waals surface area contributed by atoms with Gasteiger partial charge in [-0.05, 0) is 52.2 Å². The lowest BCUT2D eigenvalue weighted by Gasteiger charge is -2.24. The van der Waals surface area contributed by atoms with E-state index in [4.69, 9.17) is 9.72 Å². The smallest absolute Gasteiger partial charge is 0.150 e. The van der Waals surface area contributed by atoms with Gasteiger partial charge < -0.3 is 15.4 Å². The summed E-state index contributed by atoms with van der Waals surface area (Å²) in [7, 11) is 1.93. The minimum Gasteiger partial charge on any atom is -0.380 e. The number of hydrogen-bond donors (Lipinski definition) is 2. The summed E-state index contributed by atoms with van der Waals surface area (Å²) in [5.74, 6) is 0.858. The Labute approximate surface area is 198 Å². The highest BCUT2D eigenvalue weighted by Crippen LogP contribution is 2.39. The van der Waals surface area contributed by atoms with Crippen molar-refractivity contribution >= 4 is 33.1 Å². The van der Waals surface area contributed by atoms with Crippen molar-refractivity contribution in [1.82, 2.24) is 24.5 Å². The molecule has 1 fully saturated rings. The van der Waals surface area contributed by atoms with E-state index in [2.05, 4.69) is 59.8 Å². The molecule has 33 heavy (non-hydrogen) atoms. The molecule has 0 amide bonds. The van der Waals surface area contributed by atoms with Crippen molar-refractivity contribution in [2.75, 3.05) is 17.2 Å². The number of fused-ring (bicyclic) bond motifs is 1. The van der Waals surface area contributed by atoms with Crippen LogP contribution in [0, 0.1) is 0 Å². The van der Waals surface area contributed by atoms with Crippen LogP contribution >= 0.6 is 11.3 Å². The van der Waals surface area contributed by atoms with Crippen LogP contribution in [0.1, 0.15) is 51.8 Å². The van der Waals surface area contributed by atoms with E-state index in [1.807, 2.05) is 35.0 Å². The second-order valence-electron chi connectivity index (χ2n) is 9.61. The number of aromatic nitrogens is 5. The standard InChI is InChI=1S/C24H31N7OS/c1-24(2,3)29-21-12-17(25-13-16-14-27-30(4)15-16)23-18(28-21)11-20(33-23)19-8-9-26-31(19)22-7-5-6-10-32-22/h8-9,11-12,14-15,22H,5-7,10,13H2,1-4H3,(H2,25,28,29). The molecule has 1 unspecified atom stereocenters. The summed E-state index contributed by atoms with van der Waals surface area (Å²) in [5, 5.41) is 16.0. The highest BCUT2D eigenvalue weighted by atomic mass is 32.1. The fraction of sp³-hybridized carbons (Fsp3) is 0.458. The number of anilines is 2. The van der Waals surface area contributed by atoms with E-state index in [-0.39, 0.29) is 11.8 Å². The maximum Gasteiger partial charge on any atom is 0.150 e. The Morgan fingerprint density at radius 3 is 2.82 bits per heavy atom. The van der Waals surface area contributed by atoms with Gasteiger partial charge in [-0.2, -0.15) is 10.2 Å². The molecule has 0 aliphatic carbocycles. The van der Waals surface area contributed by atoms with Gasteiger partial charge >= 0.3 is 0 Å². The van der Waals surface area contributed by atoms with Gasteiger partial charge in [-0.25, -0.2) is 9.67 Å². The molecule has 4 aromatic rings. The maximum atomic E-state index is 6.01. The summed E-state index contributed by atoms with van der Waals surface area (Å²) in [6.07, 6.45) is 9.07. The van der Waals surface area contributed by atoms with Gasteiger partial charge in [0.05, 0.1) is 32.7 Å². The van der Waals surface area contributed by atoms with E-state index < -0.39 is 0 Å². The van der Waals surface area contributed by atoms with Crippen molar-refractivity contribution in [3.8, 4) is 10.6 Å². The SMILES string of the molecule is Cn1cc(CNc2cc(NC(C)(C)C)nc3cc(-c4ccnn4C4CCCCO4)sc23)cn1. The molecule has 9 heteroatoms. The summed E-state index contributed by atoms with van der Waals surface area (Å²) in [6, 6.07) is 6.34. The van der Waals surface area contributed by atoms with Crippen molar-refractivity contribution < 1.29 is 4.74 Å². The molecule has 0 aromatic carbocycles. The van der Waals surface area contributed by atoms with Gasteiger partial charge in [-0.15, -0.1) is 11.3 Å². The molecule has 1 aliphatic rings. The zero-order valence-electron chi connectivity index (χ0n) is 19.6. The van der Waals surface area contributed by atoms with Crippen molar-refractivity contribution in [3.05, 3.63) is 42.4 Å². The van der Waals surface area contributed by atoms with Gasteiger partial charge in [0.15, 0.2) is 6.23 Å². The van der Waals surface area contributed by atoms with Crippen LogP contribution in [0.5, 0.6) is 0 Å². The van der Waals surface area contributed by atoms with E-state index in [1.54, 1.807) is 11.3 Å². The molecule has 1 aliphatic heterocycles. The molecular formula is C24H31N7OS. The monoisotopic (exact) mass is 465 g/mol. The number of rotatable bonds is 6. The zero-order chi connectivity index (χ0) is 23.0. The minimum absolute atomic E-state index is 0.00298. The fourth-order valence-electron chi connectivity index (χ4n) is 4.14. The summed E-state index contributed by atoms with van der Waals surface area (Å²) >= 11 is 1.74. The highest BCUT2D eigenvalue weighted by molar-refractivity contribution is 7.22. The van der Waals surface area contributed by atoms with Gasteiger partial charge in [-0.1, -0.05) is 0 Å². The molecule has 0 bridgehead atoms. The summed E-state index contributed by atoms with van der Waals surface area (Å²) in [5.41, 5.74) is 4.16. The number of thiophene rings is 1. The van der Waals surface area contributed by atoms with Crippen LogP contribution in [0.25, 0.3) is 20.8 Å². The molecule has 5 rings (SSSR count). The lowest BCUT2D eigenvalue weighted by molar-refractivity contribution is -0.0383. The van der Waals surface area contributed by atoms with Gasteiger partial charge in [0, 0.05) is 49.8 Å². The maximum absolute atomic E-state index is 6.01. The molecule has 8 nitrogen and oxygen atoms in total. The second kappa shape index (κ2) is 8.79. The molecule has 0 saturated carbocycles. The third-order valence-electron chi connectivity index (χ3n) is 5.57. The molecule has 2 N–H and O–H groups in total. The predicted molar refractivity (Wildman–Crippen MR) is 134 cm³/mol. The quantitative estimate of drug-likeness (QED) is 0.396. The van der Waals surface area contributed by atoms with Gasteiger partial charge in [0.1, 0.15) is 5.82 Å². The summed E-state index contributed by atoms with van der Waals surface area (Å²) in [4.78, 5) is 6.08. The Kier molecular flexibility index (Phi) is 5.84. The van der Waals surface area contributed by atoms with Crippen molar-refractivity contribution in [3.63, 3.8) is 0 Å². The zero-order valence-corrected chi connectivity index (χ0v) is 20.4. The van der Waals surface area contributed by atoms with Crippen LogP contribution < -0.4 is 10.6 Å². The Morgan fingerprint density at radius 2 is 2.09 bits per heavy atom. The minimum atomic E-state index is -0.0862. The lowest BCUT2D eigenvalue weighted by Crippen LogP contribution is -2.26. The first kappa shape index (κ1) is 21.9. The van der Waals surface area contributed by atoms with Crippen LogP contribution in [0.4, 0.5) is 11.5 Å². The third-order valence-corrected chi connectivity index (χ3v) is 6.75. The summed E-state index contributed by atoms with van der Waals surface area (Å²) in [6.45, 7) is 7.92. The van der Waals surface area contributed by atoms with Crippen molar-refractivity contribution in [2.45, 2.75) is 58.3 Å². The molecule has 1 saturated heterocycles. The number of pyridine rings is 1. The van der Waals surface area contributed by atoms with Crippen LogP contribution in [0.2, 0.25) is 0 Å². The fourth-order valence-corrected chi connectivity index (χ4v) is 5.25. The second-order valence-corrected chi connectivity index (χ2v) is 10.7. The van der Waals surface area contributed by atoms with E-state index in [9.17, 15) is 0 Å². The Balaban J connectivity index is 1.52. The molecule has 5 heterocycles. The van der Waals surface area contributed by atoms with E-state index in [1.165, 1.54) is 6.42 Å². The average Bonchev–Trinajstić information content (AvgIpc) is 3.50. The number of aryl methyl sites for hydroxylation is 1. The van der Waals surface area contributed by atoms with E-state index in [0.717, 1.165) is 57.3 Å². The van der Waals surface area contributed by atoms with E-state index >= 15 is 0 Å². The first-order chi connectivity index (χ1) is 15.9. The van der Waals surface area contributed by atoms with Crippen molar-refractivity contribution in [1.29, 1.82) is 0 Å². The largest absolute Gasteiger partial charge is 0.380 e. The number of hydrogen-bond acceptors (Lipinski definition) is 7. The first-order valence-electron chi connectivity index (χ1n) is 11.5. The van der Waals surface area contributed by atoms with Crippen LogP contribution in [-0.2, 0) is 18.3 Å². The highest BCUT2D eigenvalue weighted by Gasteiger charge is 2.22. The topological polar surface area (TPSA) is 81.8 Å². The Bertz CT molecular complexity index is 1240. The normalized spacial score (nSPS) is 16.9. The molecule has 174 valence electrons. The average molecular weight is 466 g/mol.